The van der Waals surface area contributed by atoms with E-state index in [0.29, 0.717) is 22.6 Å². The number of hydrogen-bond donors (Lipinski definition) is 1. The summed E-state index contributed by atoms with van der Waals surface area (Å²) in [6, 6.07) is 15.1. The second kappa shape index (κ2) is 7.76. The molecule has 4 nitrogen and oxygen atoms in total. The molecule has 1 N–H and O–H groups in total. The molecule has 1 saturated heterocycles. The van der Waals surface area contributed by atoms with Crippen molar-refractivity contribution in [3.8, 4) is 0 Å². The summed E-state index contributed by atoms with van der Waals surface area (Å²) in [7, 11) is 4.07. The highest BCUT2D eigenvalue weighted by Gasteiger charge is 2.70. The molecule has 2 fully saturated rings. The summed E-state index contributed by atoms with van der Waals surface area (Å²) in [5.74, 6) is -1.02. The van der Waals surface area contributed by atoms with E-state index >= 15 is 0 Å². The highest BCUT2D eigenvalue weighted by Crippen LogP contribution is 2.53. The van der Waals surface area contributed by atoms with Crippen LogP contribution in [0.2, 0.25) is 0 Å². The van der Waals surface area contributed by atoms with Gasteiger partial charge in [-0.05, 0) is 55.7 Å². The summed E-state index contributed by atoms with van der Waals surface area (Å²) in [5.41, 5.74) is 0.400. The zero-order chi connectivity index (χ0) is 23.5. The SMILES string of the molecule is Cc1ccc(N2CC(N(C)C)C2)cc1C(=O)NC1(c2ccc(F)c3ccccc23)C(F)C1F. The molecule has 1 aliphatic heterocycles. The van der Waals surface area contributed by atoms with Crippen molar-refractivity contribution in [3.63, 3.8) is 0 Å². The second-order valence-corrected chi connectivity index (χ2v) is 9.29. The van der Waals surface area contributed by atoms with Crippen LogP contribution in [0.15, 0.2) is 54.6 Å². The first-order valence-electron chi connectivity index (χ1n) is 11.0. The number of anilines is 1. The van der Waals surface area contributed by atoms with E-state index in [2.05, 4.69) is 15.1 Å². The van der Waals surface area contributed by atoms with Crippen LogP contribution in [-0.2, 0) is 5.54 Å². The molecule has 0 bridgehead atoms. The van der Waals surface area contributed by atoms with Gasteiger partial charge in [-0.3, -0.25) is 4.79 Å². The molecule has 2 aliphatic rings. The molecule has 1 heterocycles. The van der Waals surface area contributed by atoms with Crippen molar-refractivity contribution in [2.24, 2.45) is 0 Å². The van der Waals surface area contributed by atoms with Crippen molar-refractivity contribution in [1.29, 1.82) is 0 Å². The molecule has 0 spiro atoms. The quantitative estimate of drug-likeness (QED) is 0.624. The van der Waals surface area contributed by atoms with Crippen molar-refractivity contribution in [3.05, 3.63) is 77.1 Å². The van der Waals surface area contributed by atoms with Crippen molar-refractivity contribution in [1.82, 2.24) is 10.2 Å². The van der Waals surface area contributed by atoms with Gasteiger partial charge in [-0.2, -0.15) is 0 Å². The smallest absolute Gasteiger partial charge is 0.252 e. The van der Waals surface area contributed by atoms with Crippen molar-refractivity contribution in [2.75, 3.05) is 32.1 Å². The number of halogens is 3. The van der Waals surface area contributed by atoms with E-state index in [1.54, 1.807) is 37.3 Å². The Bertz CT molecular complexity index is 1230. The Morgan fingerprint density at radius 3 is 2.33 bits per heavy atom. The van der Waals surface area contributed by atoms with Crippen LogP contribution in [-0.4, -0.2) is 56.4 Å². The molecule has 3 aromatic rings. The van der Waals surface area contributed by atoms with Crippen molar-refractivity contribution in [2.45, 2.75) is 30.8 Å². The standard InChI is InChI=1S/C26H26F3N3O/c1-15-8-9-16(32-13-17(14-32)31(2)3)12-20(15)25(33)30-26(23(28)24(26)29)21-10-11-22(27)19-7-5-4-6-18(19)21/h4-12,17,23-24H,13-14H2,1-3H3,(H,30,33). The van der Waals surface area contributed by atoms with Crippen LogP contribution in [0.1, 0.15) is 21.5 Å². The summed E-state index contributed by atoms with van der Waals surface area (Å²) in [5, 5.41) is 3.30. The fourth-order valence-electron chi connectivity index (χ4n) is 4.73. The lowest BCUT2D eigenvalue weighted by molar-refractivity contribution is 0.0917. The summed E-state index contributed by atoms with van der Waals surface area (Å²) in [6.07, 6.45) is -3.81. The molecular formula is C26H26F3N3O. The Balaban J connectivity index is 1.47. The van der Waals surface area contributed by atoms with E-state index in [9.17, 15) is 18.0 Å². The number of aryl methyl sites for hydroxylation is 1. The third kappa shape index (κ3) is 3.37. The molecule has 2 atom stereocenters. The number of carbonyl (C=O) groups is 1. The highest BCUT2D eigenvalue weighted by atomic mass is 19.2. The van der Waals surface area contributed by atoms with Gasteiger partial charge in [-0.15, -0.1) is 0 Å². The summed E-state index contributed by atoms with van der Waals surface area (Å²) >= 11 is 0. The molecule has 3 aromatic carbocycles. The van der Waals surface area contributed by atoms with E-state index < -0.39 is 29.6 Å². The number of nitrogens with zero attached hydrogens (tertiary/aromatic N) is 2. The zero-order valence-corrected chi connectivity index (χ0v) is 18.8. The highest BCUT2D eigenvalue weighted by molar-refractivity contribution is 5.98. The van der Waals surface area contributed by atoms with E-state index in [4.69, 9.17) is 0 Å². The molecule has 1 saturated carbocycles. The van der Waals surface area contributed by atoms with Crippen LogP contribution >= 0.6 is 0 Å². The summed E-state index contributed by atoms with van der Waals surface area (Å²) in [6.45, 7) is 3.49. The van der Waals surface area contributed by atoms with Gasteiger partial charge in [0.25, 0.3) is 5.91 Å². The van der Waals surface area contributed by atoms with E-state index in [1.165, 1.54) is 12.1 Å². The largest absolute Gasteiger partial charge is 0.368 e. The van der Waals surface area contributed by atoms with E-state index in [-0.39, 0.29) is 10.9 Å². The zero-order valence-electron chi connectivity index (χ0n) is 18.8. The van der Waals surface area contributed by atoms with Crippen molar-refractivity contribution >= 4 is 22.4 Å². The average molecular weight is 454 g/mol. The first-order valence-corrected chi connectivity index (χ1v) is 11.0. The maximum Gasteiger partial charge on any atom is 0.252 e. The minimum atomic E-state index is -1.91. The minimum Gasteiger partial charge on any atom is -0.368 e. The maximum absolute atomic E-state index is 14.8. The Morgan fingerprint density at radius 2 is 1.70 bits per heavy atom. The van der Waals surface area contributed by atoms with Crippen LogP contribution in [0.3, 0.4) is 0 Å². The summed E-state index contributed by atoms with van der Waals surface area (Å²) < 4.78 is 43.9. The molecule has 2 unspecified atom stereocenters. The van der Waals surface area contributed by atoms with Gasteiger partial charge < -0.3 is 15.1 Å². The number of amides is 1. The third-order valence-electron chi connectivity index (χ3n) is 7.08. The van der Waals surface area contributed by atoms with E-state index in [1.807, 2.05) is 26.2 Å². The molecule has 33 heavy (non-hydrogen) atoms. The second-order valence-electron chi connectivity index (χ2n) is 9.29. The van der Waals surface area contributed by atoms with Gasteiger partial charge in [0.1, 0.15) is 11.4 Å². The number of rotatable bonds is 5. The number of likely N-dealkylation sites (N-methyl/N-ethyl adjacent to an activating group) is 1. The Kier molecular flexibility index (Phi) is 5.12. The topological polar surface area (TPSA) is 35.6 Å². The van der Waals surface area contributed by atoms with Gasteiger partial charge >= 0.3 is 0 Å². The van der Waals surface area contributed by atoms with Crippen LogP contribution in [0.4, 0.5) is 18.9 Å². The predicted octanol–water partition coefficient (Wildman–Crippen LogP) is 4.35. The fraction of sp³-hybridized carbons (Fsp3) is 0.346. The average Bonchev–Trinajstić information content (AvgIpc) is 3.27. The Labute approximate surface area is 191 Å². The van der Waals surface area contributed by atoms with Crippen LogP contribution in [0.5, 0.6) is 0 Å². The number of hydrogen-bond acceptors (Lipinski definition) is 3. The van der Waals surface area contributed by atoms with Crippen molar-refractivity contribution < 1.29 is 18.0 Å². The number of benzene rings is 3. The molecular weight excluding hydrogens is 427 g/mol. The number of alkyl halides is 2. The van der Waals surface area contributed by atoms with Gasteiger partial charge in [0.15, 0.2) is 12.3 Å². The lowest BCUT2D eigenvalue weighted by Gasteiger charge is -2.44. The lowest BCUT2D eigenvalue weighted by Crippen LogP contribution is -2.57. The van der Waals surface area contributed by atoms with Gasteiger partial charge in [-0.1, -0.05) is 36.4 Å². The van der Waals surface area contributed by atoms with Crippen LogP contribution < -0.4 is 10.2 Å². The molecule has 1 amide bonds. The molecule has 5 rings (SSSR count). The van der Waals surface area contributed by atoms with Gasteiger partial charge in [-0.25, -0.2) is 13.2 Å². The minimum absolute atomic E-state index is 0.248. The number of fused-ring (bicyclic) bond motifs is 1. The molecule has 7 heteroatoms. The van der Waals surface area contributed by atoms with Gasteiger partial charge in [0, 0.05) is 35.8 Å². The molecule has 0 aromatic heterocycles. The number of carbonyl (C=O) groups excluding carboxylic acids is 1. The number of nitrogens with one attached hydrogen (secondary N) is 1. The van der Waals surface area contributed by atoms with E-state index in [0.717, 1.165) is 18.8 Å². The molecule has 172 valence electrons. The van der Waals surface area contributed by atoms with Crippen LogP contribution in [0.25, 0.3) is 10.8 Å². The Morgan fingerprint density at radius 1 is 1.03 bits per heavy atom. The monoisotopic (exact) mass is 453 g/mol. The normalized spacial score (nSPS) is 24.8. The lowest BCUT2D eigenvalue weighted by atomic mass is 9.95. The van der Waals surface area contributed by atoms with Crippen LogP contribution in [0, 0.1) is 12.7 Å². The summed E-state index contributed by atoms with van der Waals surface area (Å²) in [4.78, 5) is 17.6. The predicted molar refractivity (Wildman–Crippen MR) is 124 cm³/mol. The first-order chi connectivity index (χ1) is 15.7. The van der Waals surface area contributed by atoms with Gasteiger partial charge in [0.2, 0.25) is 0 Å². The first kappa shape index (κ1) is 21.8. The Hall–Kier alpha value is -3.06. The molecule has 1 aliphatic carbocycles. The maximum atomic E-state index is 14.8. The third-order valence-corrected chi connectivity index (χ3v) is 7.08. The van der Waals surface area contributed by atoms with Gasteiger partial charge in [0.05, 0.1) is 0 Å². The molecule has 0 radical (unpaired) electrons. The fourth-order valence-corrected chi connectivity index (χ4v) is 4.73.